The first-order valence-corrected chi connectivity index (χ1v) is 9.37. The lowest BCUT2D eigenvalue weighted by Gasteiger charge is -2.04. The molecule has 0 aliphatic carbocycles. The molecule has 3 rings (SSSR count). The quantitative estimate of drug-likeness (QED) is 0.254. The number of hydrogen-bond acceptors (Lipinski definition) is 0. The van der Waals surface area contributed by atoms with Gasteiger partial charge in [-0.15, -0.1) is 0 Å². The van der Waals surface area contributed by atoms with Crippen LogP contribution in [0, 0.1) is 35.1 Å². The Morgan fingerprint density at radius 2 is 1.50 bits per heavy atom. The van der Waals surface area contributed by atoms with Gasteiger partial charge in [-0.1, -0.05) is 50.2 Å². The third kappa shape index (κ3) is 4.54. The average molecular weight is 384 g/mol. The van der Waals surface area contributed by atoms with E-state index in [1.807, 2.05) is 0 Å². The number of rotatable bonds is 5. The standard InChI is InChI=1S/C24H20F4/c1-2-3-4-5-6-17-14-22(26)20(23(27)15-17)11-8-16-7-10-19-18(13-16)9-12-21(25)24(19)28/h7,9-10,12-15H,2-6H2,1H3. The lowest BCUT2D eigenvalue weighted by Crippen LogP contribution is -1.95. The Morgan fingerprint density at radius 3 is 2.21 bits per heavy atom. The van der Waals surface area contributed by atoms with Crippen LogP contribution in [0.3, 0.4) is 0 Å². The maximum absolute atomic E-state index is 14.3. The smallest absolute Gasteiger partial charge is 0.166 e. The molecule has 0 nitrogen and oxygen atoms in total. The maximum atomic E-state index is 14.3. The van der Waals surface area contributed by atoms with Gasteiger partial charge >= 0.3 is 0 Å². The van der Waals surface area contributed by atoms with Crippen molar-refractivity contribution in [1.82, 2.24) is 0 Å². The number of benzene rings is 3. The summed E-state index contributed by atoms with van der Waals surface area (Å²) in [7, 11) is 0. The van der Waals surface area contributed by atoms with Crippen molar-refractivity contribution in [2.24, 2.45) is 0 Å². The van der Waals surface area contributed by atoms with Crippen LogP contribution < -0.4 is 0 Å². The lowest BCUT2D eigenvalue weighted by atomic mass is 10.0. The summed E-state index contributed by atoms with van der Waals surface area (Å²) in [6.45, 7) is 2.11. The van der Waals surface area contributed by atoms with Crippen LogP contribution in [0.15, 0.2) is 42.5 Å². The van der Waals surface area contributed by atoms with E-state index < -0.39 is 23.3 Å². The van der Waals surface area contributed by atoms with Crippen LogP contribution in [0.2, 0.25) is 0 Å². The molecule has 0 aliphatic heterocycles. The van der Waals surface area contributed by atoms with Gasteiger partial charge in [-0.05, 0) is 54.1 Å². The topological polar surface area (TPSA) is 0 Å². The molecule has 0 amide bonds. The molecule has 4 heteroatoms. The highest BCUT2D eigenvalue weighted by Crippen LogP contribution is 2.22. The molecule has 0 spiro atoms. The van der Waals surface area contributed by atoms with Crippen LogP contribution in [-0.2, 0) is 6.42 Å². The Balaban J connectivity index is 1.83. The summed E-state index contributed by atoms with van der Waals surface area (Å²) in [5.41, 5.74) is 0.795. The van der Waals surface area contributed by atoms with Gasteiger partial charge < -0.3 is 0 Å². The third-order valence-corrected chi connectivity index (χ3v) is 4.66. The first kappa shape index (κ1) is 19.9. The molecular formula is C24H20F4. The second-order valence-electron chi connectivity index (χ2n) is 6.79. The van der Waals surface area contributed by atoms with Crippen molar-refractivity contribution in [3.05, 3.63) is 82.4 Å². The Bertz CT molecular complexity index is 1030. The van der Waals surface area contributed by atoms with Crippen molar-refractivity contribution < 1.29 is 17.6 Å². The Labute approximate surface area is 162 Å². The maximum Gasteiger partial charge on any atom is 0.166 e. The van der Waals surface area contributed by atoms with Crippen LogP contribution in [-0.4, -0.2) is 0 Å². The van der Waals surface area contributed by atoms with Crippen molar-refractivity contribution in [3.63, 3.8) is 0 Å². The van der Waals surface area contributed by atoms with E-state index in [4.69, 9.17) is 0 Å². The average Bonchev–Trinajstić information content (AvgIpc) is 2.67. The highest BCUT2D eigenvalue weighted by atomic mass is 19.2. The van der Waals surface area contributed by atoms with Gasteiger partial charge in [0.15, 0.2) is 11.6 Å². The van der Waals surface area contributed by atoms with E-state index in [0.29, 0.717) is 22.9 Å². The molecule has 0 unspecified atom stereocenters. The predicted molar refractivity (Wildman–Crippen MR) is 104 cm³/mol. The van der Waals surface area contributed by atoms with Gasteiger partial charge in [0, 0.05) is 10.9 Å². The zero-order valence-corrected chi connectivity index (χ0v) is 15.6. The molecule has 0 heterocycles. The van der Waals surface area contributed by atoms with Gasteiger partial charge in [-0.25, -0.2) is 17.6 Å². The number of hydrogen-bond donors (Lipinski definition) is 0. The molecule has 144 valence electrons. The normalized spacial score (nSPS) is 10.8. The number of unbranched alkanes of at least 4 members (excludes halogenated alkanes) is 3. The molecule has 0 aliphatic rings. The molecule has 0 aromatic heterocycles. The third-order valence-electron chi connectivity index (χ3n) is 4.66. The van der Waals surface area contributed by atoms with E-state index in [9.17, 15) is 17.6 Å². The largest absolute Gasteiger partial charge is 0.206 e. The number of aryl methyl sites for hydroxylation is 1. The summed E-state index contributed by atoms with van der Waals surface area (Å²) in [6.07, 6.45) is 4.78. The molecule has 0 fully saturated rings. The van der Waals surface area contributed by atoms with E-state index in [0.717, 1.165) is 31.7 Å². The Morgan fingerprint density at radius 1 is 0.750 bits per heavy atom. The molecule has 0 bridgehead atoms. The van der Waals surface area contributed by atoms with Crippen molar-refractivity contribution in [2.45, 2.75) is 39.0 Å². The summed E-state index contributed by atoms with van der Waals surface area (Å²) < 4.78 is 55.6. The SMILES string of the molecule is CCCCCCc1cc(F)c(C#Cc2ccc3c(F)c(F)ccc3c2)c(F)c1. The molecule has 0 N–H and O–H groups in total. The molecule has 3 aromatic rings. The van der Waals surface area contributed by atoms with Crippen molar-refractivity contribution >= 4 is 10.8 Å². The zero-order valence-electron chi connectivity index (χ0n) is 15.6. The van der Waals surface area contributed by atoms with E-state index in [-0.39, 0.29) is 10.9 Å². The molecule has 0 saturated heterocycles. The number of halogens is 4. The van der Waals surface area contributed by atoms with Crippen LogP contribution in [0.1, 0.15) is 49.3 Å². The Kier molecular flexibility index (Phi) is 6.36. The van der Waals surface area contributed by atoms with Crippen LogP contribution in [0.25, 0.3) is 10.8 Å². The first-order valence-electron chi connectivity index (χ1n) is 9.37. The van der Waals surface area contributed by atoms with Gasteiger partial charge in [-0.2, -0.15) is 0 Å². The summed E-state index contributed by atoms with van der Waals surface area (Å²) in [4.78, 5) is 0. The van der Waals surface area contributed by atoms with Gasteiger partial charge in [0.1, 0.15) is 11.6 Å². The van der Waals surface area contributed by atoms with Crippen molar-refractivity contribution in [3.8, 4) is 11.8 Å². The zero-order chi connectivity index (χ0) is 20.1. The van der Waals surface area contributed by atoms with Crippen LogP contribution in [0.5, 0.6) is 0 Å². The fourth-order valence-corrected chi connectivity index (χ4v) is 3.12. The summed E-state index contributed by atoms with van der Waals surface area (Å²) in [6, 6.07) is 9.60. The van der Waals surface area contributed by atoms with Gasteiger partial charge in [0.05, 0.1) is 5.56 Å². The second kappa shape index (κ2) is 8.93. The van der Waals surface area contributed by atoms with Crippen LogP contribution in [0.4, 0.5) is 17.6 Å². The molecule has 0 radical (unpaired) electrons. The fraction of sp³-hybridized carbons (Fsp3) is 0.250. The highest BCUT2D eigenvalue weighted by molar-refractivity contribution is 5.84. The molecule has 3 aromatic carbocycles. The first-order chi connectivity index (χ1) is 13.5. The van der Waals surface area contributed by atoms with Gasteiger partial charge in [0.2, 0.25) is 0 Å². The van der Waals surface area contributed by atoms with Crippen molar-refractivity contribution in [1.29, 1.82) is 0 Å². The van der Waals surface area contributed by atoms with E-state index in [1.165, 1.54) is 30.3 Å². The van der Waals surface area contributed by atoms with Crippen molar-refractivity contribution in [2.75, 3.05) is 0 Å². The van der Waals surface area contributed by atoms with E-state index in [2.05, 4.69) is 18.8 Å². The summed E-state index contributed by atoms with van der Waals surface area (Å²) in [5.74, 6) is 2.00. The summed E-state index contributed by atoms with van der Waals surface area (Å²) >= 11 is 0. The second-order valence-corrected chi connectivity index (χ2v) is 6.79. The monoisotopic (exact) mass is 384 g/mol. The van der Waals surface area contributed by atoms with E-state index in [1.54, 1.807) is 6.07 Å². The Hall–Kier alpha value is -2.80. The lowest BCUT2D eigenvalue weighted by molar-refractivity contribution is 0.517. The van der Waals surface area contributed by atoms with Gasteiger partial charge in [-0.3, -0.25) is 0 Å². The van der Waals surface area contributed by atoms with E-state index >= 15 is 0 Å². The molecule has 0 saturated carbocycles. The molecular weight excluding hydrogens is 364 g/mol. The summed E-state index contributed by atoms with van der Waals surface area (Å²) in [5, 5.41) is 0.601. The number of fused-ring (bicyclic) bond motifs is 1. The minimum atomic E-state index is -0.927. The predicted octanol–water partition coefficient (Wildman–Crippen LogP) is 6.92. The highest BCUT2D eigenvalue weighted by Gasteiger charge is 2.10. The molecule has 28 heavy (non-hydrogen) atoms. The minimum Gasteiger partial charge on any atom is -0.206 e. The minimum absolute atomic E-state index is 0.135. The molecule has 0 atom stereocenters. The fourth-order valence-electron chi connectivity index (χ4n) is 3.12. The van der Waals surface area contributed by atoms with Gasteiger partial charge in [0.25, 0.3) is 0 Å². The van der Waals surface area contributed by atoms with Crippen LogP contribution >= 0.6 is 0 Å².